The molecular weight excluding hydrogens is 258 g/mol. The van der Waals surface area contributed by atoms with Crippen LogP contribution in [0.5, 0.6) is 0 Å². The van der Waals surface area contributed by atoms with Gasteiger partial charge in [-0.3, -0.25) is 0 Å². The lowest BCUT2D eigenvalue weighted by Gasteiger charge is -2.06. The first kappa shape index (κ1) is 12.3. The maximum Gasteiger partial charge on any atom is 0.160 e. The van der Waals surface area contributed by atoms with E-state index in [4.69, 9.17) is 10.1 Å². The number of nitrogens with zero attached hydrogens (tertiary/aromatic N) is 3. The quantitative estimate of drug-likeness (QED) is 0.795. The van der Waals surface area contributed by atoms with Crippen molar-refractivity contribution in [2.75, 3.05) is 6.61 Å². The van der Waals surface area contributed by atoms with E-state index >= 15 is 0 Å². The predicted octanol–water partition coefficient (Wildman–Crippen LogP) is 2.85. The molecule has 4 nitrogen and oxygen atoms in total. The Labute approximate surface area is 115 Å². The van der Waals surface area contributed by atoms with Crippen LogP contribution in [0.3, 0.4) is 0 Å². The lowest BCUT2D eigenvalue weighted by molar-refractivity contribution is 0.280. The average molecular weight is 273 g/mol. The molecular formula is C14H15N3OS. The van der Waals surface area contributed by atoms with Crippen LogP contribution in [0, 0.1) is 6.92 Å². The lowest BCUT2D eigenvalue weighted by atomic mass is 10.3. The summed E-state index contributed by atoms with van der Waals surface area (Å²) in [4.78, 5) is 10.3. The van der Waals surface area contributed by atoms with Gasteiger partial charge in [-0.05, 0) is 36.4 Å². The minimum atomic E-state index is 0.176. The molecule has 3 aromatic rings. The molecule has 0 saturated carbocycles. The molecule has 0 aliphatic carbocycles. The van der Waals surface area contributed by atoms with Crippen molar-refractivity contribution in [2.45, 2.75) is 19.9 Å². The smallest absolute Gasteiger partial charge is 0.160 e. The molecule has 0 aliphatic heterocycles. The van der Waals surface area contributed by atoms with Crippen molar-refractivity contribution in [3.63, 3.8) is 0 Å². The third-order valence-electron chi connectivity index (χ3n) is 3.00. The highest BCUT2D eigenvalue weighted by Gasteiger charge is 2.14. The Morgan fingerprint density at radius 2 is 2.32 bits per heavy atom. The van der Waals surface area contributed by atoms with Crippen molar-refractivity contribution in [3.8, 4) is 10.7 Å². The number of imidazole rings is 1. The van der Waals surface area contributed by atoms with Gasteiger partial charge in [-0.15, -0.1) is 11.3 Å². The molecule has 19 heavy (non-hydrogen) atoms. The fraction of sp³-hybridized carbons (Fsp3) is 0.286. The number of rotatable bonds is 4. The average Bonchev–Trinajstić information content (AvgIpc) is 3.02. The monoisotopic (exact) mass is 273 g/mol. The summed E-state index contributed by atoms with van der Waals surface area (Å²) in [5.74, 6) is 0.941. The van der Waals surface area contributed by atoms with Crippen LogP contribution in [0.4, 0.5) is 0 Å². The van der Waals surface area contributed by atoms with Gasteiger partial charge in [0, 0.05) is 19.3 Å². The fourth-order valence-electron chi connectivity index (χ4n) is 2.15. The number of aromatic nitrogens is 3. The number of pyridine rings is 1. The number of thiophene rings is 1. The topological polar surface area (TPSA) is 50.9 Å². The molecule has 3 rings (SSSR count). The standard InChI is InChI=1S/C14H15N3OS/c1-10-8-11-13(15-9-10)17(5-3-6-18)14(16-11)12-4-2-7-19-12/h2,4,7-9,18H,3,5-6H2,1H3. The van der Waals surface area contributed by atoms with E-state index in [2.05, 4.69) is 21.7 Å². The van der Waals surface area contributed by atoms with E-state index in [1.54, 1.807) is 11.3 Å². The third-order valence-corrected chi connectivity index (χ3v) is 3.87. The van der Waals surface area contributed by atoms with Crippen molar-refractivity contribution in [2.24, 2.45) is 0 Å². The van der Waals surface area contributed by atoms with E-state index in [0.717, 1.165) is 34.0 Å². The van der Waals surface area contributed by atoms with E-state index in [1.165, 1.54) is 0 Å². The minimum absolute atomic E-state index is 0.176. The van der Waals surface area contributed by atoms with Crippen LogP contribution in [0.15, 0.2) is 29.8 Å². The Bertz CT molecular complexity index is 688. The Morgan fingerprint density at radius 1 is 1.42 bits per heavy atom. The molecule has 3 aromatic heterocycles. The van der Waals surface area contributed by atoms with Crippen molar-refractivity contribution < 1.29 is 5.11 Å². The number of aliphatic hydroxyl groups is 1. The molecule has 0 saturated heterocycles. The van der Waals surface area contributed by atoms with Crippen LogP contribution in [-0.4, -0.2) is 26.2 Å². The summed E-state index contributed by atoms with van der Waals surface area (Å²) < 4.78 is 2.09. The van der Waals surface area contributed by atoms with Crippen LogP contribution in [0.25, 0.3) is 21.9 Å². The van der Waals surface area contributed by atoms with Crippen molar-refractivity contribution in [1.82, 2.24) is 14.5 Å². The van der Waals surface area contributed by atoms with E-state index in [-0.39, 0.29) is 6.61 Å². The molecule has 0 amide bonds. The van der Waals surface area contributed by atoms with Crippen LogP contribution < -0.4 is 0 Å². The SMILES string of the molecule is Cc1cnc2c(c1)nc(-c1cccs1)n2CCCO. The number of fused-ring (bicyclic) bond motifs is 1. The fourth-order valence-corrected chi connectivity index (χ4v) is 2.87. The Balaban J connectivity index is 2.18. The zero-order chi connectivity index (χ0) is 13.2. The van der Waals surface area contributed by atoms with Crippen LogP contribution in [0.2, 0.25) is 0 Å². The maximum atomic E-state index is 9.05. The Morgan fingerprint density at radius 3 is 3.05 bits per heavy atom. The molecule has 0 atom stereocenters. The molecule has 0 unspecified atom stereocenters. The molecule has 5 heteroatoms. The number of hydrogen-bond donors (Lipinski definition) is 1. The van der Waals surface area contributed by atoms with E-state index < -0.39 is 0 Å². The van der Waals surface area contributed by atoms with Gasteiger partial charge in [0.1, 0.15) is 5.52 Å². The minimum Gasteiger partial charge on any atom is -0.396 e. The second-order valence-corrected chi connectivity index (χ2v) is 5.44. The highest BCUT2D eigenvalue weighted by atomic mass is 32.1. The van der Waals surface area contributed by atoms with Crippen molar-refractivity contribution >= 4 is 22.5 Å². The summed E-state index contributed by atoms with van der Waals surface area (Å²) in [6.45, 7) is 2.93. The van der Waals surface area contributed by atoms with E-state index in [9.17, 15) is 0 Å². The third kappa shape index (κ3) is 2.27. The van der Waals surface area contributed by atoms with Crippen molar-refractivity contribution in [1.29, 1.82) is 0 Å². The molecule has 1 N–H and O–H groups in total. The summed E-state index contributed by atoms with van der Waals surface area (Å²) in [6.07, 6.45) is 2.57. The van der Waals surface area contributed by atoms with Gasteiger partial charge in [0.2, 0.25) is 0 Å². The first-order chi connectivity index (χ1) is 9.29. The van der Waals surface area contributed by atoms with Gasteiger partial charge in [-0.2, -0.15) is 0 Å². The Kier molecular flexibility index (Phi) is 3.31. The van der Waals surface area contributed by atoms with Crippen LogP contribution >= 0.6 is 11.3 Å². The Hall–Kier alpha value is -1.72. The zero-order valence-corrected chi connectivity index (χ0v) is 11.5. The van der Waals surface area contributed by atoms with E-state index in [1.807, 2.05) is 24.6 Å². The lowest BCUT2D eigenvalue weighted by Crippen LogP contribution is -2.02. The van der Waals surface area contributed by atoms with Gasteiger partial charge >= 0.3 is 0 Å². The summed E-state index contributed by atoms with van der Waals surface area (Å²) in [7, 11) is 0. The molecule has 0 aliphatic rings. The van der Waals surface area contributed by atoms with Crippen LogP contribution in [-0.2, 0) is 6.54 Å². The summed E-state index contributed by atoms with van der Waals surface area (Å²) in [6, 6.07) is 6.14. The van der Waals surface area contributed by atoms with Gasteiger partial charge in [-0.1, -0.05) is 6.07 Å². The number of hydrogen-bond acceptors (Lipinski definition) is 4. The molecule has 3 heterocycles. The zero-order valence-electron chi connectivity index (χ0n) is 10.7. The number of aryl methyl sites for hydroxylation is 2. The van der Waals surface area contributed by atoms with Gasteiger partial charge in [-0.25, -0.2) is 9.97 Å². The van der Waals surface area contributed by atoms with Crippen LogP contribution in [0.1, 0.15) is 12.0 Å². The normalized spacial score (nSPS) is 11.3. The van der Waals surface area contributed by atoms with Gasteiger partial charge in [0.15, 0.2) is 11.5 Å². The molecule has 98 valence electrons. The summed E-state index contributed by atoms with van der Waals surface area (Å²) >= 11 is 1.67. The van der Waals surface area contributed by atoms with Gasteiger partial charge in [0.25, 0.3) is 0 Å². The molecule has 0 bridgehead atoms. The van der Waals surface area contributed by atoms with E-state index in [0.29, 0.717) is 6.42 Å². The second kappa shape index (κ2) is 5.11. The highest BCUT2D eigenvalue weighted by Crippen LogP contribution is 2.27. The van der Waals surface area contributed by atoms with Gasteiger partial charge < -0.3 is 9.67 Å². The van der Waals surface area contributed by atoms with Crippen molar-refractivity contribution in [3.05, 3.63) is 35.3 Å². The molecule has 0 spiro atoms. The summed E-state index contributed by atoms with van der Waals surface area (Å²) in [5, 5.41) is 11.1. The first-order valence-electron chi connectivity index (χ1n) is 6.27. The summed E-state index contributed by atoms with van der Waals surface area (Å²) in [5.41, 5.74) is 2.92. The molecule has 0 radical (unpaired) electrons. The largest absolute Gasteiger partial charge is 0.396 e. The molecule has 0 fully saturated rings. The van der Waals surface area contributed by atoms with Gasteiger partial charge in [0.05, 0.1) is 4.88 Å². The second-order valence-electron chi connectivity index (χ2n) is 4.50. The number of aliphatic hydroxyl groups excluding tert-OH is 1. The first-order valence-corrected chi connectivity index (χ1v) is 7.15. The predicted molar refractivity (Wildman–Crippen MR) is 77.3 cm³/mol. The molecule has 0 aromatic carbocycles. The highest BCUT2D eigenvalue weighted by molar-refractivity contribution is 7.13. The maximum absolute atomic E-state index is 9.05.